The van der Waals surface area contributed by atoms with Gasteiger partial charge in [-0.15, -0.1) is 0 Å². The molecule has 0 aliphatic carbocycles. The topological polar surface area (TPSA) is 96.0 Å². The molecule has 1 heterocycles. The molecule has 0 saturated heterocycles. The van der Waals surface area contributed by atoms with Crippen molar-refractivity contribution in [3.8, 4) is 5.69 Å². The number of hydrogen-bond donors (Lipinski definition) is 0. The fourth-order valence-corrected chi connectivity index (χ4v) is 1.54. The van der Waals surface area contributed by atoms with Crippen LogP contribution in [0.5, 0.6) is 0 Å². The van der Waals surface area contributed by atoms with Gasteiger partial charge in [0, 0.05) is 16.8 Å². The number of halogens is 2. The minimum Gasteiger partial charge on any atom is -0.301 e. The first-order valence-corrected chi connectivity index (χ1v) is 5.02. The zero-order valence-corrected chi connectivity index (χ0v) is 9.36. The molecule has 0 saturated carbocycles. The second-order valence-corrected chi connectivity index (χ2v) is 3.51. The summed E-state index contributed by atoms with van der Waals surface area (Å²) in [6, 6.07) is 1.80. The van der Waals surface area contributed by atoms with E-state index in [4.69, 9.17) is 5.53 Å². The summed E-state index contributed by atoms with van der Waals surface area (Å²) in [6.07, 6.45) is 2.45. The monoisotopic (exact) mass is 264 g/mol. The average molecular weight is 264 g/mol. The molecule has 96 valence electrons. The molecule has 0 fully saturated rings. The first-order valence-electron chi connectivity index (χ1n) is 5.02. The zero-order chi connectivity index (χ0) is 13.8. The van der Waals surface area contributed by atoms with Crippen LogP contribution in [0.15, 0.2) is 34.9 Å². The SMILES string of the molecule is [N-]=[N+]=Nc1cc(F)c(-n2cnc(CN=O)c2)c(F)c1. The second-order valence-electron chi connectivity index (χ2n) is 3.51. The third-order valence-electron chi connectivity index (χ3n) is 2.28. The van der Waals surface area contributed by atoms with E-state index in [1.807, 2.05) is 0 Å². The van der Waals surface area contributed by atoms with Crippen molar-refractivity contribution in [2.24, 2.45) is 10.3 Å². The van der Waals surface area contributed by atoms with Gasteiger partial charge in [0.15, 0.2) is 11.6 Å². The van der Waals surface area contributed by atoms with Crippen LogP contribution < -0.4 is 0 Å². The van der Waals surface area contributed by atoms with Crippen molar-refractivity contribution in [2.45, 2.75) is 6.54 Å². The maximum absolute atomic E-state index is 13.8. The summed E-state index contributed by atoms with van der Waals surface area (Å²) in [5, 5.41) is 5.74. The van der Waals surface area contributed by atoms with Gasteiger partial charge >= 0.3 is 0 Å². The standard InChI is InChI=1S/C10H6F2N6O/c11-8-1-6(16-17-13)2-9(12)10(8)18-4-7(3-15-19)14-5-18/h1-2,4-5H,3H2. The molecule has 2 aromatic rings. The van der Waals surface area contributed by atoms with E-state index in [0.29, 0.717) is 0 Å². The molecule has 0 aliphatic rings. The van der Waals surface area contributed by atoms with Crippen LogP contribution >= 0.6 is 0 Å². The Morgan fingerprint density at radius 3 is 2.63 bits per heavy atom. The Kier molecular flexibility index (Phi) is 3.48. The quantitative estimate of drug-likeness (QED) is 0.366. The van der Waals surface area contributed by atoms with Crippen molar-refractivity contribution in [2.75, 3.05) is 0 Å². The van der Waals surface area contributed by atoms with Crippen LogP contribution in [0, 0.1) is 16.5 Å². The molecule has 9 heteroatoms. The van der Waals surface area contributed by atoms with E-state index < -0.39 is 11.6 Å². The molecule has 0 atom stereocenters. The van der Waals surface area contributed by atoms with E-state index in [1.165, 1.54) is 6.20 Å². The summed E-state index contributed by atoms with van der Waals surface area (Å²) in [6.45, 7) is -0.187. The first kappa shape index (κ1) is 12.7. The Balaban J connectivity index is 2.49. The van der Waals surface area contributed by atoms with Gasteiger partial charge in [0.05, 0.1) is 12.0 Å². The van der Waals surface area contributed by atoms with Gasteiger partial charge in [-0.3, -0.25) is 0 Å². The van der Waals surface area contributed by atoms with Gasteiger partial charge < -0.3 is 4.57 Å². The van der Waals surface area contributed by atoms with Crippen molar-refractivity contribution in [3.63, 3.8) is 0 Å². The predicted octanol–water partition coefficient (Wildman–Crippen LogP) is 3.36. The van der Waals surface area contributed by atoms with Crippen molar-refractivity contribution < 1.29 is 8.78 Å². The maximum Gasteiger partial charge on any atom is 0.150 e. The molecule has 0 unspecified atom stereocenters. The number of rotatable bonds is 4. The molecule has 0 aliphatic heterocycles. The number of nitroso groups, excluding NO2 is 1. The first-order chi connectivity index (χ1) is 9.15. The number of hydrogen-bond acceptors (Lipinski definition) is 4. The number of imidazole rings is 1. The van der Waals surface area contributed by atoms with Gasteiger partial charge in [-0.25, -0.2) is 13.8 Å². The molecule has 0 amide bonds. The second kappa shape index (κ2) is 5.23. The van der Waals surface area contributed by atoms with Crippen LogP contribution in [0.4, 0.5) is 14.5 Å². The van der Waals surface area contributed by atoms with Crippen molar-refractivity contribution in [1.82, 2.24) is 9.55 Å². The largest absolute Gasteiger partial charge is 0.301 e. The molecule has 19 heavy (non-hydrogen) atoms. The molecule has 0 N–H and O–H groups in total. The molecule has 1 aromatic heterocycles. The Morgan fingerprint density at radius 2 is 2.05 bits per heavy atom. The van der Waals surface area contributed by atoms with Crippen LogP contribution in [0.1, 0.15) is 5.69 Å². The Morgan fingerprint density at radius 1 is 1.37 bits per heavy atom. The van der Waals surface area contributed by atoms with E-state index in [9.17, 15) is 13.7 Å². The van der Waals surface area contributed by atoms with Gasteiger partial charge in [0.1, 0.15) is 12.2 Å². The molecule has 0 spiro atoms. The fraction of sp³-hybridized carbons (Fsp3) is 0.100. The third kappa shape index (κ3) is 2.55. The summed E-state index contributed by atoms with van der Waals surface area (Å²) >= 11 is 0. The highest BCUT2D eigenvalue weighted by atomic mass is 19.1. The van der Waals surface area contributed by atoms with Crippen LogP contribution in [0.25, 0.3) is 16.1 Å². The van der Waals surface area contributed by atoms with Gasteiger partial charge in [-0.05, 0) is 17.7 Å². The summed E-state index contributed by atoms with van der Waals surface area (Å²) in [7, 11) is 0. The van der Waals surface area contributed by atoms with E-state index in [0.717, 1.165) is 23.0 Å². The van der Waals surface area contributed by atoms with Crippen LogP contribution in [-0.2, 0) is 6.54 Å². The zero-order valence-electron chi connectivity index (χ0n) is 9.36. The molecule has 0 bridgehead atoms. The normalized spacial score (nSPS) is 10.0. The minimum absolute atomic E-state index is 0.170. The van der Waals surface area contributed by atoms with Crippen LogP contribution in [-0.4, -0.2) is 9.55 Å². The van der Waals surface area contributed by atoms with Crippen LogP contribution in [0.2, 0.25) is 0 Å². The number of benzene rings is 1. The summed E-state index contributed by atoms with van der Waals surface area (Å²) < 4.78 is 28.6. The van der Waals surface area contributed by atoms with Crippen LogP contribution in [0.3, 0.4) is 0 Å². The number of nitrogens with zero attached hydrogens (tertiary/aromatic N) is 6. The van der Waals surface area contributed by atoms with E-state index in [2.05, 4.69) is 20.2 Å². The summed E-state index contributed by atoms with van der Waals surface area (Å²) in [5.74, 6) is -1.82. The van der Waals surface area contributed by atoms with Gasteiger partial charge in [0.2, 0.25) is 0 Å². The highest BCUT2D eigenvalue weighted by Crippen LogP contribution is 2.24. The molecule has 7 nitrogen and oxygen atoms in total. The summed E-state index contributed by atoms with van der Waals surface area (Å²) in [4.78, 5) is 16.3. The number of aromatic nitrogens is 2. The highest BCUT2D eigenvalue weighted by molar-refractivity contribution is 5.47. The third-order valence-corrected chi connectivity index (χ3v) is 2.28. The summed E-state index contributed by atoms with van der Waals surface area (Å²) in [5.41, 5.74) is 7.95. The van der Waals surface area contributed by atoms with E-state index in [1.54, 1.807) is 0 Å². The maximum atomic E-state index is 13.8. The fourth-order valence-electron chi connectivity index (χ4n) is 1.54. The molecule has 1 aromatic carbocycles. The van der Waals surface area contributed by atoms with Crippen molar-refractivity contribution >= 4 is 5.69 Å². The Labute approximate surface area is 105 Å². The smallest absolute Gasteiger partial charge is 0.150 e. The lowest BCUT2D eigenvalue weighted by atomic mass is 10.2. The predicted molar refractivity (Wildman–Crippen MR) is 61.8 cm³/mol. The van der Waals surface area contributed by atoms with E-state index >= 15 is 0 Å². The average Bonchev–Trinajstić information content (AvgIpc) is 2.77. The molecular weight excluding hydrogens is 258 g/mol. The number of azide groups is 1. The highest BCUT2D eigenvalue weighted by Gasteiger charge is 2.13. The van der Waals surface area contributed by atoms with Crippen molar-refractivity contribution in [1.29, 1.82) is 0 Å². The van der Waals surface area contributed by atoms with Gasteiger partial charge in [-0.1, -0.05) is 10.3 Å². The van der Waals surface area contributed by atoms with E-state index in [-0.39, 0.29) is 23.6 Å². The minimum atomic E-state index is -0.912. The Hall–Kier alpha value is -2.80. The van der Waals surface area contributed by atoms with Crippen molar-refractivity contribution in [3.05, 3.63) is 57.3 Å². The van der Waals surface area contributed by atoms with Gasteiger partial charge in [0.25, 0.3) is 0 Å². The molecule has 0 radical (unpaired) electrons. The lowest BCUT2D eigenvalue weighted by Gasteiger charge is -2.06. The molecule has 2 rings (SSSR count). The lowest BCUT2D eigenvalue weighted by Crippen LogP contribution is -1.99. The van der Waals surface area contributed by atoms with Gasteiger partial charge in [-0.2, -0.15) is 4.91 Å². The lowest BCUT2D eigenvalue weighted by molar-refractivity contribution is 0.569. The molecular formula is C10H6F2N6O. The Bertz CT molecular complexity index is 653.